The van der Waals surface area contributed by atoms with Crippen LogP contribution in [-0.4, -0.2) is 16.5 Å². The van der Waals surface area contributed by atoms with E-state index in [1.807, 2.05) is 0 Å². The molecular weight excluding hydrogens is 362 g/mol. The highest BCUT2D eigenvalue weighted by Gasteiger charge is 2.41. The van der Waals surface area contributed by atoms with Gasteiger partial charge in [0.2, 0.25) is 0 Å². The summed E-state index contributed by atoms with van der Waals surface area (Å²) in [6.07, 6.45) is -0.808. The molecule has 2 aromatic heterocycles. The number of piperidine rings is 1. The molecule has 2 aromatic rings. The van der Waals surface area contributed by atoms with Crippen LogP contribution in [0.1, 0.15) is 36.4 Å². The van der Waals surface area contributed by atoms with Crippen molar-refractivity contribution in [1.29, 1.82) is 0 Å². The summed E-state index contributed by atoms with van der Waals surface area (Å²) in [6.45, 7) is 0.643. The van der Waals surface area contributed by atoms with Gasteiger partial charge < -0.3 is 5.32 Å². The number of halogens is 5. The van der Waals surface area contributed by atoms with Gasteiger partial charge in [0.05, 0.1) is 22.0 Å². The maximum atomic E-state index is 13.7. The van der Waals surface area contributed by atoms with Crippen molar-refractivity contribution in [2.24, 2.45) is 0 Å². The number of aromatic nitrogens is 2. The Morgan fingerprint density at radius 2 is 1.96 bits per heavy atom. The highest BCUT2D eigenvalue weighted by molar-refractivity contribution is 6.42. The molecule has 1 saturated heterocycles. The smallest absolute Gasteiger partial charge is 0.310 e. The topological polar surface area (TPSA) is 37.8 Å². The lowest BCUT2D eigenvalue weighted by atomic mass is 9.91. The molecule has 0 amide bonds. The predicted molar refractivity (Wildman–Crippen MR) is 87.1 cm³/mol. The fraction of sp³-hybridized carbons (Fsp3) is 0.375. The van der Waals surface area contributed by atoms with E-state index in [1.54, 1.807) is 18.2 Å². The van der Waals surface area contributed by atoms with Crippen LogP contribution in [0.4, 0.5) is 13.2 Å². The number of pyridine rings is 2. The second-order valence-electron chi connectivity index (χ2n) is 5.57. The van der Waals surface area contributed by atoms with E-state index in [0.29, 0.717) is 18.7 Å². The number of nitrogens with zero attached hydrogens (tertiary/aromatic N) is 2. The van der Waals surface area contributed by atoms with Gasteiger partial charge in [-0.2, -0.15) is 13.2 Å². The molecule has 128 valence electrons. The van der Waals surface area contributed by atoms with Crippen molar-refractivity contribution in [3.05, 3.63) is 45.7 Å². The summed E-state index contributed by atoms with van der Waals surface area (Å²) < 4.78 is 41.2. The summed E-state index contributed by atoms with van der Waals surface area (Å²) in [7, 11) is 0. The van der Waals surface area contributed by atoms with Crippen LogP contribution in [0.25, 0.3) is 11.4 Å². The molecule has 0 aromatic carbocycles. The van der Waals surface area contributed by atoms with Gasteiger partial charge in [-0.25, -0.2) is 4.98 Å². The van der Waals surface area contributed by atoms with Crippen LogP contribution in [0.5, 0.6) is 0 Å². The van der Waals surface area contributed by atoms with Gasteiger partial charge in [-0.3, -0.25) is 4.98 Å². The first-order valence-corrected chi connectivity index (χ1v) is 8.26. The Morgan fingerprint density at radius 3 is 2.54 bits per heavy atom. The van der Waals surface area contributed by atoms with E-state index < -0.39 is 22.8 Å². The van der Waals surface area contributed by atoms with Crippen molar-refractivity contribution in [2.75, 3.05) is 6.54 Å². The van der Waals surface area contributed by atoms with Crippen molar-refractivity contribution in [1.82, 2.24) is 15.3 Å². The van der Waals surface area contributed by atoms with E-state index in [1.165, 1.54) is 6.20 Å². The molecule has 3 heterocycles. The lowest BCUT2D eigenvalue weighted by Gasteiger charge is -2.29. The van der Waals surface area contributed by atoms with Crippen LogP contribution in [0.15, 0.2) is 24.4 Å². The number of hydrogen-bond donors (Lipinski definition) is 1. The fourth-order valence-electron chi connectivity index (χ4n) is 2.96. The van der Waals surface area contributed by atoms with Crippen LogP contribution in [0, 0.1) is 0 Å². The minimum atomic E-state index is -4.64. The molecule has 1 N–H and O–H groups in total. The highest BCUT2D eigenvalue weighted by Crippen LogP contribution is 2.46. The van der Waals surface area contributed by atoms with E-state index >= 15 is 0 Å². The normalized spacial score (nSPS) is 18.6. The molecule has 24 heavy (non-hydrogen) atoms. The molecule has 0 radical (unpaired) electrons. The third kappa shape index (κ3) is 3.36. The Bertz CT molecular complexity index is 730. The van der Waals surface area contributed by atoms with Gasteiger partial charge in [0.15, 0.2) is 0 Å². The van der Waals surface area contributed by atoms with Gasteiger partial charge in [0.25, 0.3) is 0 Å². The maximum Gasteiger partial charge on any atom is 0.418 e. The standard InChI is InChI=1S/C16H14Cl2F3N3/c17-13-12(16(19,20)21)11(9-5-1-3-7-22-9)14(24-15(13)18)10-6-2-4-8-23-10/h2,4,6,8-9,22H,1,3,5,7H2. The molecule has 8 heteroatoms. The zero-order valence-electron chi connectivity index (χ0n) is 12.5. The first-order chi connectivity index (χ1) is 11.4. The summed E-state index contributed by atoms with van der Waals surface area (Å²) in [5.41, 5.74) is -0.444. The summed E-state index contributed by atoms with van der Waals surface area (Å²) in [5, 5.41) is 2.20. The van der Waals surface area contributed by atoms with Crippen LogP contribution < -0.4 is 5.32 Å². The van der Waals surface area contributed by atoms with E-state index in [4.69, 9.17) is 23.2 Å². The van der Waals surface area contributed by atoms with Gasteiger partial charge in [-0.15, -0.1) is 0 Å². The molecule has 0 aliphatic carbocycles. The zero-order chi connectivity index (χ0) is 17.3. The quantitative estimate of drug-likeness (QED) is 0.725. The van der Waals surface area contributed by atoms with Crippen molar-refractivity contribution < 1.29 is 13.2 Å². The van der Waals surface area contributed by atoms with E-state index in [0.717, 1.165) is 12.8 Å². The summed E-state index contributed by atoms with van der Waals surface area (Å²) in [4.78, 5) is 8.26. The van der Waals surface area contributed by atoms with Crippen LogP contribution in [0.2, 0.25) is 10.2 Å². The monoisotopic (exact) mass is 375 g/mol. The Hall–Kier alpha value is -1.37. The SMILES string of the molecule is FC(F)(F)c1c(Cl)c(Cl)nc(-c2ccccn2)c1C1CCCCN1. The minimum absolute atomic E-state index is 0.0234. The highest BCUT2D eigenvalue weighted by atomic mass is 35.5. The molecule has 0 saturated carbocycles. The van der Waals surface area contributed by atoms with E-state index in [-0.39, 0.29) is 16.4 Å². The van der Waals surface area contributed by atoms with Crippen LogP contribution in [0.3, 0.4) is 0 Å². The van der Waals surface area contributed by atoms with Gasteiger partial charge in [0.1, 0.15) is 5.15 Å². The number of rotatable bonds is 2. The lowest BCUT2D eigenvalue weighted by molar-refractivity contribution is -0.138. The van der Waals surface area contributed by atoms with Gasteiger partial charge in [-0.1, -0.05) is 35.7 Å². The molecule has 0 bridgehead atoms. The molecule has 1 unspecified atom stereocenters. The molecule has 3 nitrogen and oxygen atoms in total. The Kier molecular flexibility index (Phi) is 4.99. The first-order valence-electron chi connectivity index (χ1n) is 7.50. The fourth-order valence-corrected chi connectivity index (χ4v) is 3.39. The Balaban J connectivity index is 2.30. The third-order valence-corrected chi connectivity index (χ3v) is 4.72. The first kappa shape index (κ1) is 17.5. The largest absolute Gasteiger partial charge is 0.418 e. The zero-order valence-corrected chi connectivity index (χ0v) is 14.0. The molecule has 1 aliphatic heterocycles. The molecule has 1 fully saturated rings. The van der Waals surface area contributed by atoms with Gasteiger partial charge in [-0.05, 0) is 31.5 Å². The average molecular weight is 376 g/mol. The Labute approximate surface area is 147 Å². The minimum Gasteiger partial charge on any atom is -0.310 e. The van der Waals surface area contributed by atoms with Gasteiger partial charge >= 0.3 is 6.18 Å². The number of nitrogens with one attached hydrogen (secondary N) is 1. The van der Waals surface area contributed by atoms with E-state index in [2.05, 4.69) is 15.3 Å². The summed E-state index contributed by atoms with van der Waals surface area (Å²) in [5.74, 6) is 0. The van der Waals surface area contributed by atoms with Crippen molar-refractivity contribution in [2.45, 2.75) is 31.5 Å². The molecule has 3 rings (SSSR count). The third-order valence-electron chi connectivity index (χ3n) is 3.98. The number of hydrogen-bond acceptors (Lipinski definition) is 3. The maximum absolute atomic E-state index is 13.7. The molecule has 1 atom stereocenters. The summed E-state index contributed by atoms with van der Waals surface area (Å²) >= 11 is 11.8. The van der Waals surface area contributed by atoms with Crippen LogP contribution >= 0.6 is 23.2 Å². The van der Waals surface area contributed by atoms with Crippen molar-refractivity contribution in [3.8, 4) is 11.4 Å². The summed E-state index contributed by atoms with van der Waals surface area (Å²) in [6, 6.07) is 4.50. The molecule has 1 aliphatic rings. The van der Waals surface area contributed by atoms with Crippen LogP contribution in [-0.2, 0) is 6.18 Å². The van der Waals surface area contributed by atoms with Gasteiger partial charge in [0, 0.05) is 17.8 Å². The number of alkyl halides is 3. The molecular formula is C16H14Cl2F3N3. The molecule has 0 spiro atoms. The van der Waals surface area contributed by atoms with Crippen molar-refractivity contribution >= 4 is 23.2 Å². The lowest BCUT2D eigenvalue weighted by Crippen LogP contribution is -2.30. The Morgan fingerprint density at radius 1 is 1.17 bits per heavy atom. The van der Waals surface area contributed by atoms with E-state index in [9.17, 15) is 13.2 Å². The van der Waals surface area contributed by atoms with Crippen molar-refractivity contribution in [3.63, 3.8) is 0 Å². The second-order valence-corrected chi connectivity index (χ2v) is 6.31. The average Bonchev–Trinajstić information content (AvgIpc) is 2.57. The predicted octanol–water partition coefficient (Wildman–Crippen LogP) is 5.28. The second kappa shape index (κ2) is 6.86.